The van der Waals surface area contributed by atoms with Crippen LogP contribution in [0.25, 0.3) is 0 Å². The lowest BCUT2D eigenvalue weighted by Crippen LogP contribution is -2.45. The van der Waals surface area contributed by atoms with Crippen LogP contribution in [0.3, 0.4) is 0 Å². The maximum atomic E-state index is 13.2. The SMILES string of the molecule is C=CCN1CC[C@@H]2CN(C(=O)c3ccnc(F)c3)C[C@H]2C1=O. The van der Waals surface area contributed by atoms with Crippen LogP contribution in [-0.2, 0) is 4.79 Å². The summed E-state index contributed by atoms with van der Waals surface area (Å²) in [6.45, 7) is 5.88. The molecule has 2 aliphatic heterocycles. The van der Waals surface area contributed by atoms with Gasteiger partial charge in [0.15, 0.2) is 0 Å². The summed E-state index contributed by atoms with van der Waals surface area (Å²) < 4.78 is 13.2. The Morgan fingerprint density at radius 1 is 1.50 bits per heavy atom. The average molecular weight is 303 g/mol. The van der Waals surface area contributed by atoms with Gasteiger partial charge in [-0.05, 0) is 18.4 Å². The van der Waals surface area contributed by atoms with E-state index in [0.717, 1.165) is 12.5 Å². The van der Waals surface area contributed by atoms with E-state index >= 15 is 0 Å². The number of nitrogens with zero attached hydrogens (tertiary/aromatic N) is 3. The molecule has 0 radical (unpaired) electrons. The number of carbonyl (C=O) groups excluding carboxylic acids is 2. The first-order valence-electron chi connectivity index (χ1n) is 7.40. The van der Waals surface area contributed by atoms with E-state index in [1.807, 2.05) is 0 Å². The number of amides is 2. The Morgan fingerprint density at radius 2 is 2.32 bits per heavy atom. The number of hydrogen-bond acceptors (Lipinski definition) is 3. The molecule has 3 heterocycles. The Balaban J connectivity index is 1.73. The van der Waals surface area contributed by atoms with Crippen LogP contribution in [0, 0.1) is 17.8 Å². The number of piperidine rings is 1. The summed E-state index contributed by atoms with van der Waals surface area (Å²) in [6.07, 6.45) is 3.89. The van der Waals surface area contributed by atoms with Crippen molar-refractivity contribution in [2.24, 2.45) is 11.8 Å². The minimum absolute atomic E-state index is 0.0901. The molecule has 116 valence electrons. The third-order valence-electron chi connectivity index (χ3n) is 4.45. The van der Waals surface area contributed by atoms with Gasteiger partial charge in [0.05, 0.1) is 5.92 Å². The Bertz CT molecular complexity index is 619. The van der Waals surface area contributed by atoms with Crippen molar-refractivity contribution >= 4 is 11.8 Å². The van der Waals surface area contributed by atoms with Crippen LogP contribution in [0.5, 0.6) is 0 Å². The van der Waals surface area contributed by atoms with Gasteiger partial charge >= 0.3 is 0 Å². The lowest BCUT2D eigenvalue weighted by molar-refractivity contribution is -0.138. The predicted octanol–water partition coefficient (Wildman–Crippen LogP) is 1.33. The van der Waals surface area contributed by atoms with Gasteiger partial charge in [-0.15, -0.1) is 6.58 Å². The number of aromatic nitrogens is 1. The third kappa shape index (κ3) is 2.61. The van der Waals surface area contributed by atoms with E-state index in [9.17, 15) is 14.0 Å². The van der Waals surface area contributed by atoms with Gasteiger partial charge in [-0.1, -0.05) is 6.08 Å². The fourth-order valence-electron chi connectivity index (χ4n) is 3.33. The summed E-state index contributed by atoms with van der Waals surface area (Å²) in [5.41, 5.74) is 0.279. The van der Waals surface area contributed by atoms with Gasteiger partial charge in [-0.3, -0.25) is 9.59 Å². The molecule has 0 unspecified atom stereocenters. The molecular formula is C16H18FN3O2. The van der Waals surface area contributed by atoms with Crippen molar-refractivity contribution in [3.63, 3.8) is 0 Å². The van der Waals surface area contributed by atoms with Crippen LogP contribution in [0.15, 0.2) is 31.0 Å². The average Bonchev–Trinajstić information content (AvgIpc) is 2.94. The van der Waals surface area contributed by atoms with E-state index in [1.165, 1.54) is 12.3 Å². The number of pyridine rings is 1. The summed E-state index contributed by atoms with van der Waals surface area (Å²) in [7, 11) is 0. The van der Waals surface area contributed by atoms with E-state index < -0.39 is 5.95 Å². The smallest absolute Gasteiger partial charge is 0.254 e. The monoisotopic (exact) mass is 303 g/mol. The summed E-state index contributed by atoms with van der Waals surface area (Å²) in [5.74, 6) is -0.768. The predicted molar refractivity (Wildman–Crippen MR) is 78.5 cm³/mol. The number of fused-ring (bicyclic) bond motifs is 1. The van der Waals surface area contributed by atoms with Gasteiger partial charge in [0.25, 0.3) is 5.91 Å². The highest BCUT2D eigenvalue weighted by molar-refractivity contribution is 5.95. The van der Waals surface area contributed by atoms with Crippen LogP contribution in [0.2, 0.25) is 0 Å². The first kappa shape index (κ1) is 14.7. The van der Waals surface area contributed by atoms with Crippen LogP contribution < -0.4 is 0 Å². The molecule has 2 amide bonds. The Kier molecular flexibility index (Phi) is 3.92. The number of likely N-dealkylation sites (tertiary alicyclic amines) is 2. The van der Waals surface area contributed by atoms with Gasteiger partial charge in [0.2, 0.25) is 11.9 Å². The second-order valence-corrected chi connectivity index (χ2v) is 5.81. The first-order chi connectivity index (χ1) is 10.6. The van der Waals surface area contributed by atoms with Crippen molar-refractivity contribution in [2.45, 2.75) is 6.42 Å². The normalized spacial score (nSPS) is 24.3. The molecule has 0 spiro atoms. The largest absolute Gasteiger partial charge is 0.339 e. The Morgan fingerprint density at radius 3 is 3.05 bits per heavy atom. The molecule has 2 fully saturated rings. The van der Waals surface area contributed by atoms with Crippen LogP contribution in [0.4, 0.5) is 4.39 Å². The zero-order chi connectivity index (χ0) is 15.7. The minimum atomic E-state index is -0.671. The van der Waals surface area contributed by atoms with E-state index in [0.29, 0.717) is 26.2 Å². The lowest BCUT2D eigenvalue weighted by atomic mass is 9.88. The van der Waals surface area contributed by atoms with Crippen molar-refractivity contribution in [3.8, 4) is 0 Å². The highest BCUT2D eigenvalue weighted by atomic mass is 19.1. The molecule has 3 rings (SSSR count). The van der Waals surface area contributed by atoms with Gasteiger partial charge in [0.1, 0.15) is 0 Å². The van der Waals surface area contributed by atoms with Gasteiger partial charge in [-0.2, -0.15) is 4.39 Å². The zero-order valence-corrected chi connectivity index (χ0v) is 12.2. The maximum absolute atomic E-state index is 13.2. The summed E-state index contributed by atoms with van der Waals surface area (Å²) in [6, 6.07) is 2.63. The van der Waals surface area contributed by atoms with Gasteiger partial charge in [-0.25, -0.2) is 4.98 Å². The zero-order valence-electron chi connectivity index (χ0n) is 12.2. The fourth-order valence-corrected chi connectivity index (χ4v) is 3.33. The first-order valence-corrected chi connectivity index (χ1v) is 7.40. The highest BCUT2D eigenvalue weighted by Gasteiger charge is 2.43. The van der Waals surface area contributed by atoms with Crippen molar-refractivity contribution in [1.29, 1.82) is 0 Å². The van der Waals surface area contributed by atoms with Crippen LogP contribution in [0.1, 0.15) is 16.8 Å². The molecule has 0 aromatic carbocycles. The molecule has 1 aromatic rings. The van der Waals surface area contributed by atoms with Gasteiger partial charge in [0, 0.05) is 44.0 Å². The van der Waals surface area contributed by atoms with E-state index in [1.54, 1.807) is 15.9 Å². The summed E-state index contributed by atoms with van der Waals surface area (Å²) in [5, 5.41) is 0. The van der Waals surface area contributed by atoms with Crippen LogP contribution in [-0.4, -0.2) is 52.8 Å². The Labute approximate surface area is 128 Å². The second-order valence-electron chi connectivity index (χ2n) is 5.81. The molecule has 6 heteroatoms. The van der Waals surface area contributed by atoms with Crippen LogP contribution >= 0.6 is 0 Å². The summed E-state index contributed by atoms with van der Waals surface area (Å²) >= 11 is 0. The molecule has 2 aliphatic rings. The number of rotatable bonds is 3. The van der Waals surface area contributed by atoms with Crippen molar-refractivity contribution in [3.05, 3.63) is 42.5 Å². The highest BCUT2D eigenvalue weighted by Crippen LogP contribution is 2.32. The molecule has 0 bridgehead atoms. The lowest BCUT2D eigenvalue weighted by Gasteiger charge is -2.32. The van der Waals surface area contributed by atoms with E-state index in [4.69, 9.17) is 0 Å². The number of hydrogen-bond donors (Lipinski definition) is 0. The second kappa shape index (κ2) is 5.87. The minimum Gasteiger partial charge on any atom is -0.339 e. The molecule has 2 atom stereocenters. The molecule has 0 aliphatic carbocycles. The number of halogens is 1. The molecule has 0 saturated carbocycles. The van der Waals surface area contributed by atoms with Crippen molar-refractivity contribution in [1.82, 2.24) is 14.8 Å². The molecule has 1 aromatic heterocycles. The summed E-state index contributed by atoms with van der Waals surface area (Å²) in [4.78, 5) is 31.8. The van der Waals surface area contributed by atoms with Crippen molar-refractivity contribution < 1.29 is 14.0 Å². The molecule has 0 N–H and O–H groups in total. The molecular weight excluding hydrogens is 285 g/mol. The third-order valence-corrected chi connectivity index (χ3v) is 4.45. The quantitative estimate of drug-likeness (QED) is 0.625. The molecule has 2 saturated heterocycles. The van der Waals surface area contributed by atoms with Crippen molar-refractivity contribution in [2.75, 3.05) is 26.2 Å². The number of carbonyl (C=O) groups is 2. The Hall–Kier alpha value is -2.24. The maximum Gasteiger partial charge on any atom is 0.254 e. The topological polar surface area (TPSA) is 53.5 Å². The van der Waals surface area contributed by atoms with E-state index in [2.05, 4.69) is 11.6 Å². The molecule has 22 heavy (non-hydrogen) atoms. The van der Waals surface area contributed by atoms with E-state index in [-0.39, 0.29) is 29.2 Å². The molecule has 5 nitrogen and oxygen atoms in total. The fraction of sp³-hybridized carbons (Fsp3) is 0.438. The van der Waals surface area contributed by atoms with Gasteiger partial charge < -0.3 is 9.80 Å². The standard InChI is InChI=1S/C16H18FN3O2/c1-2-6-19-7-4-12-9-20(10-13(12)16(19)22)15(21)11-3-5-18-14(17)8-11/h2-3,5,8,12-13H,1,4,6-7,9-10H2/t12-,13-/m1/s1.